The average Bonchev–Trinajstić information content (AvgIpc) is 2.80. The van der Waals surface area contributed by atoms with Crippen LogP contribution in [0.25, 0.3) is 0 Å². The van der Waals surface area contributed by atoms with E-state index in [2.05, 4.69) is 22.3 Å². The Hall–Kier alpha value is -1.78. The third-order valence-corrected chi connectivity index (χ3v) is 3.16. The van der Waals surface area contributed by atoms with E-state index in [0.29, 0.717) is 13.1 Å². The Morgan fingerprint density at radius 3 is 3.11 bits per heavy atom. The Labute approximate surface area is 107 Å². The molecule has 0 radical (unpaired) electrons. The van der Waals surface area contributed by atoms with E-state index in [0.717, 1.165) is 19.4 Å². The van der Waals surface area contributed by atoms with Crippen LogP contribution >= 0.6 is 0 Å². The number of fused-ring (bicyclic) bond motifs is 1. The Morgan fingerprint density at radius 1 is 1.44 bits per heavy atom. The molecule has 5 heteroatoms. The lowest BCUT2D eigenvalue weighted by Crippen LogP contribution is -2.37. The summed E-state index contributed by atoms with van der Waals surface area (Å²) >= 11 is 0. The first kappa shape index (κ1) is 12.7. The zero-order chi connectivity index (χ0) is 12.8. The average molecular weight is 248 g/mol. The van der Waals surface area contributed by atoms with Crippen molar-refractivity contribution in [1.29, 1.82) is 0 Å². The van der Waals surface area contributed by atoms with E-state index in [9.17, 15) is 4.79 Å². The number of hydrogen-bond donors (Lipinski definition) is 2. The van der Waals surface area contributed by atoms with E-state index in [4.69, 9.17) is 0 Å². The quantitative estimate of drug-likeness (QED) is 0.770. The monoisotopic (exact) mass is 248 g/mol. The smallest absolute Gasteiger partial charge is 0.315 e. The molecule has 0 unspecified atom stereocenters. The fourth-order valence-electron chi connectivity index (χ4n) is 2.25. The molecule has 0 saturated heterocycles. The zero-order valence-electron chi connectivity index (χ0n) is 10.6. The van der Waals surface area contributed by atoms with Gasteiger partial charge in [0.2, 0.25) is 0 Å². The predicted molar refractivity (Wildman–Crippen MR) is 70.5 cm³/mol. The van der Waals surface area contributed by atoms with Crippen molar-refractivity contribution >= 4 is 6.03 Å². The Balaban J connectivity index is 1.78. The highest BCUT2D eigenvalue weighted by molar-refractivity contribution is 5.73. The number of nitrogens with zero attached hydrogens (tertiary/aromatic N) is 2. The second kappa shape index (κ2) is 6.23. The van der Waals surface area contributed by atoms with Crippen LogP contribution < -0.4 is 10.6 Å². The lowest BCUT2D eigenvalue weighted by molar-refractivity contribution is 0.241. The van der Waals surface area contributed by atoms with Crippen LogP contribution in [0.4, 0.5) is 4.79 Å². The summed E-state index contributed by atoms with van der Waals surface area (Å²) in [6, 6.07) is -0.157. The highest BCUT2D eigenvalue weighted by Crippen LogP contribution is 2.20. The van der Waals surface area contributed by atoms with Gasteiger partial charge in [0.05, 0.1) is 12.7 Å². The first-order valence-corrected chi connectivity index (χ1v) is 6.47. The minimum atomic E-state index is -0.157. The van der Waals surface area contributed by atoms with Crippen molar-refractivity contribution in [3.63, 3.8) is 0 Å². The molecule has 0 fully saturated rings. The number of nitrogens with one attached hydrogen (secondary N) is 2. The summed E-state index contributed by atoms with van der Waals surface area (Å²) in [7, 11) is 0. The fourth-order valence-corrected chi connectivity index (χ4v) is 2.25. The largest absolute Gasteiger partial charge is 0.336 e. The van der Waals surface area contributed by atoms with Crippen molar-refractivity contribution in [2.45, 2.75) is 32.2 Å². The summed E-state index contributed by atoms with van der Waals surface area (Å²) in [5.74, 6) is 0. The topological polar surface area (TPSA) is 59.0 Å². The molecule has 2 rings (SSSR count). The molecule has 5 nitrogen and oxygen atoms in total. The van der Waals surface area contributed by atoms with Gasteiger partial charge in [0.1, 0.15) is 0 Å². The number of aromatic nitrogens is 2. The van der Waals surface area contributed by atoms with Crippen molar-refractivity contribution in [1.82, 2.24) is 20.4 Å². The Bertz CT molecular complexity index is 425. The molecule has 1 aliphatic carbocycles. The SMILES string of the molecule is C=CCNC(=O)NCCn1ncc2c1CCCC2. The normalized spacial score (nSPS) is 13.8. The van der Waals surface area contributed by atoms with Gasteiger partial charge in [-0.15, -0.1) is 6.58 Å². The second-order valence-corrected chi connectivity index (χ2v) is 4.47. The summed E-state index contributed by atoms with van der Waals surface area (Å²) in [6.07, 6.45) is 8.38. The minimum absolute atomic E-state index is 0.157. The van der Waals surface area contributed by atoms with Crippen molar-refractivity contribution in [3.8, 4) is 0 Å². The number of aryl methyl sites for hydroxylation is 1. The van der Waals surface area contributed by atoms with E-state index in [1.807, 2.05) is 10.9 Å². The van der Waals surface area contributed by atoms with Gasteiger partial charge < -0.3 is 10.6 Å². The molecular weight excluding hydrogens is 228 g/mol. The molecule has 0 aromatic carbocycles. The third-order valence-electron chi connectivity index (χ3n) is 3.16. The molecule has 0 atom stereocenters. The lowest BCUT2D eigenvalue weighted by atomic mass is 9.98. The van der Waals surface area contributed by atoms with Crippen molar-refractivity contribution in [2.24, 2.45) is 0 Å². The molecule has 18 heavy (non-hydrogen) atoms. The van der Waals surface area contributed by atoms with E-state index in [-0.39, 0.29) is 6.03 Å². The van der Waals surface area contributed by atoms with Crippen LogP contribution in [0.15, 0.2) is 18.9 Å². The van der Waals surface area contributed by atoms with Gasteiger partial charge in [-0.1, -0.05) is 6.08 Å². The molecule has 0 spiro atoms. The Kier molecular flexibility index (Phi) is 4.39. The summed E-state index contributed by atoms with van der Waals surface area (Å²) in [6.45, 7) is 5.36. The highest BCUT2D eigenvalue weighted by atomic mass is 16.2. The fraction of sp³-hybridized carbons (Fsp3) is 0.538. The first-order valence-electron chi connectivity index (χ1n) is 6.47. The van der Waals surface area contributed by atoms with Crippen LogP contribution in [0.5, 0.6) is 0 Å². The third kappa shape index (κ3) is 3.12. The molecule has 0 bridgehead atoms. The molecule has 2 amide bonds. The predicted octanol–water partition coefficient (Wildman–Crippen LogP) is 1.25. The summed E-state index contributed by atoms with van der Waals surface area (Å²) < 4.78 is 2.02. The van der Waals surface area contributed by atoms with Gasteiger partial charge in [-0.25, -0.2) is 4.79 Å². The number of carbonyl (C=O) groups is 1. The zero-order valence-corrected chi connectivity index (χ0v) is 10.6. The molecular formula is C13H20N4O. The van der Waals surface area contributed by atoms with Crippen LogP contribution in [-0.4, -0.2) is 28.9 Å². The number of urea groups is 1. The first-order chi connectivity index (χ1) is 8.81. The van der Waals surface area contributed by atoms with E-state index in [1.165, 1.54) is 24.1 Å². The van der Waals surface area contributed by atoms with Crippen LogP contribution in [0.2, 0.25) is 0 Å². The van der Waals surface area contributed by atoms with Gasteiger partial charge in [-0.05, 0) is 31.2 Å². The summed E-state index contributed by atoms with van der Waals surface area (Å²) in [5.41, 5.74) is 2.71. The van der Waals surface area contributed by atoms with Gasteiger partial charge in [0, 0.05) is 18.8 Å². The van der Waals surface area contributed by atoms with Crippen LogP contribution in [0, 0.1) is 0 Å². The van der Waals surface area contributed by atoms with Gasteiger partial charge in [-0.3, -0.25) is 4.68 Å². The number of hydrogen-bond acceptors (Lipinski definition) is 2. The maximum Gasteiger partial charge on any atom is 0.315 e. The maximum absolute atomic E-state index is 11.3. The van der Waals surface area contributed by atoms with Crippen molar-refractivity contribution in [2.75, 3.05) is 13.1 Å². The van der Waals surface area contributed by atoms with Crippen LogP contribution in [0.3, 0.4) is 0 Å². The molecule has 0 saturated carbocycles. The van der Waals surface area contributed by atoms with Gasteiger partial charge in [0.25, 0.3) is 0 Å². The molecule has 1 aromatic rings. The molecule has 1 aromatic heterocycles. The second-order valence-electron chi connectivity index (χ2n) is 4.47. The van der Waals surface area contributed by atoms with Crippen LogP contribution in [-0.2, 0) is 19.4 Å². The van der Waals surface area contributed by atoms with E-state index in [1.54, 1.807) is 6.08 Å². The van der Waals surface area contributed by atoms with E-state index < -0.39 is 0 Å². The standard InChI is InChI=1S/C13H20N4O/c1-2-7-14-13(18)15-8-9-17-12-6-4-3-5-11(12)10-16-17/h2,10H,1,3-9H2,(H2,14,15,18). The molecule has 2 N–H and O–H groups in total. The van der Waals surface area contributed by atoms with Gasteiger partial charge in [0.15, 0.2) is 0 Å². The number of amides is 2. The van der Waals surface area contributed by atoms with Crippen LogP contribution in [0.1, 0.15) is 24.1 Å². The summed E-state index contributed by atoms with van der Waals surface area (Å²) in [5, 5.41) is 9.87. The lowest BCUT2D eigenvalue weighted by Gasteiger charge is -2.14. The number of rotatable bonds is 5. The molecule has 98 valence electrons. The molecule has 0 aliphatic heterocycles. The molecule has 1 aliphatic rings. The van der Waals surface area contributed by atoms with Crippen molar-refractivity contribution < 1.29 is 4.79 Å². The maximum atomic E-state index is 11.3. The van der Waals surface area contributed by atoms with Gasteiger partial charge >= 0.3 is 6.03 Å². The highest BCUT2D eigenvalue weighted by Gasteiger charge is 2.14. The number of carbonyl (C=O) groups excluding carboxylic acids is 1. The minimum Gasteiger partial charge on any atom is -0.336 e. The van der Waals surface area contributed by atoms with Crippen molar-refractivity contribution in [3.05, 3.63) is 30.1 Å². The van der Waals surface area contributed by atoms with Gasteiger partial charge in [-0.2, -0.15) is 5.10 Å². The molecule has 1 heterocycles. The van der Waals surface area contributed by atoms with E-state index >= 15 is 0 Å². The Morgan fingerprint density at radius 2 is 2.28 bits per heavy atom. The summed E-state index contributed by atoms with van der Waals surface area (Å²) in [4.78, 5) is 11.3.